The molecule has 1 aliphatic carbocycles. The maximum atomic E-state index is 13.5. The lowest BCUT2D eigenvalue weighted by atomic mass is 9.77. The van der Waals surface area contributed by atoms with Crippen LogP contribution >= 0.6 is 0 Å². The van der Waals surface area contributed by atoms with Gasteiger partial charge in [0.25, 0.3) is 10.1 Å². The van der Waals surface area contributed by atoms with Gasteiger partial charge >= 0.3 is 0 Å². The maximum Gasteiger partial charge on any atom is 0.273 e. The van der Waals surface area contributed by atoms with E-state index in [-0.39, 0.29) is 0 Å². The average Bonchev–Trinajstić information content (AvgIpc) is 2.14. The van der Waals surface area contributed by atoms with E-state index < -0.39 is 32.4 Å². The van der Waals surface area contributed by atoms with Crippen molar-refractivity contribution in [1.29, 1.82) is 0 Å². The molecule has 0 fully saturated rings. The van der Waals surface area contributed by atoms with Crippen molar-refractivity contribution in [3.63, 3.8) is 0 Å². The summed E-state index contributed by atoms with van der Waals surface area (Å²) in [6.45, 7) is 7.44. The number of halogens is 2. The van der Waals surface area contributed by atoms with E-state index in [4.69, 9.17) is 4.55 Å². The van der Waals surface area contributed by atoms with E-state index in [1.807, 2.05) is 0 Å². The van der Waals surface area contributed by atoms with E-state index in [1.165, 1.54) is 13.0 Å². The lowest BCUT2D eigenvalue weighted by Gasteiger charge is -2.34. The molecule has 0 aromatic rings. The van der Waals surface area contributed by atoms with E-state index >= 15 is 0 Å². The Bertz CT molecular complexity index is 515. The minimum absolute atomic E-state index is 0.447. The smallest absolute Gasteiger partial charge is 0.273 e. The SMILES string of the molecule is C=C(F)C1(C(=C)F)C=C(C)C=CC1S(=O)(=O)O. The van der Waals surface area contributed by atoms with E-state index in [2.05, 4.69) is 13.2 Å². The molecule has 1 N–H and O–H groups in total. The van der Waals surface area contributed by atoms with Gasteiger partial charge in [-0.15, -0.1) is 0 Å². The lowest BCUT2D eigenvalue weighted by Crippen LogP contribution is -2.40. The Morgan fingerprint density at radius 3 is 2.24 bits per heavy atom. The second-order valence-corrected chi connectivity index (χ2v) is 5.40. The Labute approximate surface area is 98.6 Å². The summed E-state index contributed by atoms with van der Waals surface area (Å²) < 4.78 is 58.4. The highest BCUT2D eigenvalue weighted by molar-refractivity contribution is 7.86. The molecule has 1 aliphatic rings. The minimum atomic E-state index is -4.68. The zero-order valence-corrected chi connectivity index (χ0v) is 9.97. The van der Waals surface area contributed by atoms with Gasteiger partial charge in [0.2, 0.25) is 0 Å². The van der Waals surface area contributed by atoms with Gasteiger partial charge in [-0.1, -0.05) is 37.0 Å². The van der Waals surface area contributed by atoms with Crippen molar-refractivity contribution in [1.82, 2.24) is 0 Å². The third-order valence-electron chi connectivity index (χ3n) is 2.66. The lowest BCUT2D eigenvalue weighted by molar-refractivity contribution is 0.337. The standard InChI is InChI=1S/C11H12F2O3S/c1-7-4-5-10(17(14,15)16)11(6-7,8(2)12)9(3)13/h4-6,10H,2-3H2,1H3,(H,14,15,16). The summed E-state index contributed by atoms with van der Waals surface area (Å²) in [7, 11) is -4.68. The molecule has 0 radical (unpaired) electrons. The number of rotatable bonds is 3. The van der Waals surface area contributed by atoms with Crippen molar-refractivity contribution >= 4 is 10.1 Å². The van der Waals surface area contributed by atoms with Gasteiger partial charge in [0.05, 0.1) is 0 Å². The van der Waals surface area contributed by atoms with Gasteiger partial charge in [-0.05, 0) is 6.92 Å². The molecule has 0 aromatic heterocycles. The van der Waals surface area contributed by atoms with E-state index in [9.17, 15) is 17.2 Å². The Hall–Kier alpha value is -1.27. The summed E-state index contributed by atoms with van der Waals surface area (Å²) in [6.07, 6.45) is 3.42. The molecule has 6 heteroatoms. The van der Waals surface area contributed by atoms with Gasteiger partial charge < -0.3 is 0 Å². The summed E-state index contributed by atoms with van der Waals surface area (Å²) >= 11 is 0. The van der Waals surface area contributed by atoms with Crippen LogP contribution in [0.2, 0.25) is 0 Å². The quantitative estimate of drug-likeness (QED) is 0.796. The Balaban J connectivity index is 3.57. The number of allylic oxidation sites excluding steroid dienone is 5. The zero-order chi connectivity index (χ0) is 13.4. The van der Waals surface area contributed by atoms with Crippen molar-refractivity contribution in [2.45, 2.75) is 12.2 Å². The molecule has 0 heterocycles. The molecule has 0 saturated carbocycles. The molecular weight excluding hydrogens is 250 g/mol. The summed E-state index contributed by atoms with van der Waals surface area (Å²) in [6, 6.07) is 0. The Morgan fingerprint density at radius 1 is 1.41 bits per heavy atom. The van der Waals surface area contributed by atoms with E-state index in [1.54, 1.807) is 0 Å². The molecule has 0 amide bonds. The van der Waals surface area contributed by atoms with Crippen molar-refractivity contribution in [2.75, 3.05) is 0 Å². The van der Waals surface area contributed by atoms with Crippen molar-refractivity contribution in [3.05, 3.63) is 48.6 Å². The topological polar surface area (TPSA) is 54.4 Å². The van der Waals surface area contributed by atoms with Gasteiger partial charge in [0.15, 0.2) is 0 Å². The molecule has 0 saturated heterocycles. The van der Waals surface area contributed by atoms with Crippen LogP contribution in [0.1, 0.15) is 6.92 Å². The van der Waals surface area contributed by atoms with Gasteiger partial charge in [-0.2, -0.15) is 8.42 Å². The molecular formula is C11H12F2O3S. The molecule has 0 spiro atoms. The Morgan fingerprint density at radius 2 is 1.88 bits per heavy atom. The van der Waals surface area contributed by atoms with Gasteiger partial charge in [0.1, 0.15) is 22.3 Å². The average molecular weight is 262 g/mol. The summed E-state index contributed by atoms with van der Waals surface area (Å²) in [5, 5.41) is -1.80. The van der Waals surface area contributed by atoms with Crippen LogP contribution in [0.4, 0.5) is 8.78 Å². The zero-order valence-electron chi connectivity index (χ0n) is 9.15. The monoisotopic (exact) mass is 262 g/mol. The predicted octanol–water partition coefficient (Wildman–Crippen LogP) is 2.71. The maximum absolute atomic E-state index is 13.5. The van der Waals surface area contributed by atoms with Gasteiger partial charge in [-0.25, -0.2) is 8.78 Å². The summed E-state index contributed by atoms with van der Waals surface area (Å²) in [5.41, 5.74) is -1.81. The van der Waals surface area contributed by atoms with Crippen LogP contribution < -0.4 is 0 Å². The summed E-state index contributed by atoms with van der Waals surface area (Å²) in [4.78, 5) is 0. The molecule has 17 heavy (non-hydrogen) atoms. The van der Waals surface area contributed by atoms with Gasteiger partial charge in [0, 0.05) is 0 Å². The normalized spacial score (nSPS) is 23.1. The second kappa shape index (κ2) is 4.19. The van der Waals surface area contributed by atoms with E-state index in [0.717, 1.165) is 12.2 Å². The van der Waals surface area contributed by atoms with Crippen molar-refractivity contribution in [3.8, 4) is 0 Å². The highest BCUT2D eigenvalue weighted by Gasteiger charge is 2.50. The summed E-state index contributed by atoms with van der Waals surface area (Å²) in [5.74, 6) is -2.45. The molecule has 0 bridgehead atoms. The molecule has 1 unspecified atom stereocenters. The van der Waals surface area contributed by atoms with Crippen LogP contribution in [-0.2, 0) is 10.1 Å². The highest BCUT2D eigenvalue weighted by Crippen LogP contribution is 2.46. The molecule has 0 aliphatic heterocycles. The van der Waals surface area contributed by atoms with Crippen LogP contribution in [0.3, 0.4) is 0 Å². The minimum Gasteiger partial charge on any atom is -0.285 e. The van der Waals surface area contributed by atoms with Gasteiger partial charge in [-0.3, -0.25) is 4.55 Å². The fourth-order valence-corrected chi connectivity index (χ4v) is 2.90. The molecule has 94 valence electrons. The number of hydrogen-bond donors (Lipinski definition) is 1. The first-order valence-electron chi connectivity index (χ1n) is 4.66. The largest absolute Gasteiger partial charge is 0.285 e. The van der Waals surface area contributed by atoms with Crippen molar-refractivity contribution < 1.29 is 21.8 Å². The van der Waals surface area contributed by atoms with Crippen LogP contribution in [0, 0.1) is 5.41 Å². The first-order valence-corrected chi connectivity index (χ1v) is 6.16. The third kappa shape index (κ3) is 2.23. The van der Waals surface area contributed by atoms with Crippen LogP contribution in [-0.4, -0.2) is 18.2 Å². The molecule has 0 aromatic carbocycles. The second-order valence-electron chi connectivity index (χ2n) is 3.86. The Kier molecular flexibility index (Phi) is 3.40. The molecule has 1 rings (SSSR count). The first kappa shape index (κ1) is 13.8. The molecule has 3 nitrogen and oxygen atoms in total. The first-order chi connectivity index (χ1) is 7.62. The van der Waals surface area contributed by atoms with Crippen LogP contribution in [0.15, 0.2) is 48.6 Å². The van der Waals surface area contributed by atoms with E-state index in [0.29, 0.717) is 5.57 Å². The predicted molar refractivity (Wildman–Crippen MR) is 61.2 cm³/mol. The third-order valence-corrected chi connectivity index (χ3v) is 3.83. The van der Waals surface area contributed by atoms with Crippen LogP contribution in [0.25, 0.3) is 0 Å². The highest BCUT2D eigenvalue weighted by atomic mass is 32.2. The van der Waals surface area contributed by atoms with Crippen molar-refractivity contribution in [2.24, 2.45) is 5.41 Å². The fourth-order valence-electron chi connectivity index (χ4n) is 1.83. The molecule has 1 atom stereocenters. The number of hydrogen-bond acceptors (Lipinski definition) is 2. The fraction of sp³-hybridized carbons (Fsp3) is 0.273. The van der Waals surface area contributed by atoms with Crippen LogP contribution in [0.5, 0.6) is 0 Å².